The van der Waals surface area contributed by atoms with Crippen molar-refractivity contribution in [2.45, 2.75) is 45.1 Å². The van der Waals surface area contributed by atoms with Gasteiger partial charge in [-0.25, -0.2) is 0 Å². The van der Waals surface area contributed by atoms with Crippen LogP contribution in [-0.2, 0) is 4.74 Å². The normalized spacial score (nSPS) is 20.6. The molecule has 1 atom stereocenters. The van der Waals surface area contributed by atoms with Crippen molar-refractivity contribution >= 4 is 0 Å². The Bertz CT molecular complexity index is 174. The molecule has 102 valence electrons. The van der Waals surface area contributed by atoms with Gasteiger partial charge in [-0.15, -0.1) is 0 Å². The van der Waals surface area contributed by atoms with Crippen LogP contribution in [0, 0.1) is 0 Å². The lowest BCUT2D eigenvalue weighted by molar-refractivity contribution is 0.0777. The molecule has 0 aromatic carbocycles. The number of nitrogens with zero attached hydrogens (tertiary/aromatic N) is 2. The molecule has 17 heavy (non-hydrogen) atoms. The summed E-state index contributed by atoms with van der Waals surface area (Å²) in [5.41, 5.74) is 0. The van der Waals surface area contributed by atoms with Gasteiger partial charge in [0.05, 0.1) is 6.10 Å². The van der Waals surface area contributed by atoms with Crippen LogP contribution in [0.3, 0.4) is 0 Å². The highest BCUT2D eigenvalue weighted by atomic mass is 16.5. The summed E-state index contributed by atoms with van der Waals surface area (Å²) in [5.74, 6) is 0. The third-order valence-corrected chi connectivity index (χ3v) is 3.81. The molecular weight excluding hydrogens is 212 g/mol. The first-order valence-corrected chi connectivity index (χ1v) is 7.20. The van der Waals surface area contributed by atoms with E-state index in [1.54, 1.807) is 0 Å². The predicted octanol–water partition coefficient (Wildman–Crippen LogP) is 2.22. The van der Waals surface area contributed by atoms with E-state index in [4.69, 9.17) is 4.74 Å². The van der Waals surface area contributed by atoms with E-state index < -0.39 is 0 Å². The molecule has 0 bridgehead atoms. The molecular formula is C14H30N2O. The molecule has 1 unspecified atom stereocenters. The van der Waals surface area contributed by atoms with E-state index in [0.717, 1.165) is 0 Å². The highest BCUT2D eigenvalue weighted by molar-refractivity contribution is 4.69. The van der Waals surface area contributed by atoms with Gasteiger partial charge in [-0.05, 0) is 32.9 Å². The van der Waals surface area contributed by atoms with E-state index in [1.165, 1.54) is 64.8 Å². The number of unbranched alkanes of at least 4 members (excludes halogenated alkanes) is 1. The summed E-state index contributed by atoms with van der Waals surface area (Å²) in [6, 6.07) is 0. The van der Waals surface area contributed by atoms with Crippen LogP contribution in [0.15, 0.2) is 0 Å². The summed E-state index contributed by atoms with van der Waals surface area (Å²) in [4.78, 5) is 5.00. The number of hydrogen-bond donors (Lipinski definition) is 0. The number of piperazine rings is 1. The van der Waals surface area contributed by atoms with E-state index in [1.807, 2.05) is 7.11 Å². The Morgan fingerprint density at radius 2 is 1.71 bits per heavy atom. The van der Waals surface area contributed by atoms with Crippen LogP contribution in [0.5, 0.6) is 0 Å². The van der Waals surface area contributed by atoms with E-state index in [9.17, 15) is 0 Å². The van der Waals surface area contributed by atoms with Crippen molar-refractivity contribution in [3.05, 3.63) is 0 Å². The maximum Gasteiger partial charge on any atom is 0.0571 e. The number of likely N-dealkylation sites (N-methyl/N-ethyl adjacent to an activating group) is 1. The zero-order chi connectivity index (χ0) is 12.5. The zero-order valence-corrected chi connectivity index (χ0v) is 12.0. The average Bonchev–Trinajstić information content (AvgIpc) is 2.36. The minimum Gasteiger partial charge on any atom is -0.381 e. The summed E-state index contributed by atoms with van der Waals surface area (Å²) in [6.45, 7) is 8.43. The highest BCUT2D eigenvalue weighted by Crippen LogP contribution is 2.11. The summed E-state index contributed by atoms with van der Waals surface area (Å²) in [5, 5.41) is 0. The van der Waals surface area contributed by atoms with Crippen molar-refractivity contribution in [3.63, 3.8) is 0 Å². The van der Waals surface area contributed by atoms with Gasteiger partial charge in [0.25, 0.3) is 0 Å². The first-order valence-electron chi connectivity index (χ1n) is 7.20. The largest absolute Gasteiger partial charge is 0.381 e. The van der Waals surface area contributed by atoms with Gasteiger partial charge in [0, 0.05) is 33.3 Å². The topological polar surface area (TPSA) is 15.7 Å². The molecule has 1 fully saturated rings. The minimum absolute atomic E-state index is 0.488. The van der Waals surface area contributed by atoms with Crippen LogP contribution in [0.25, 0.3) is 0 Å². The molecule has 1 saturated heterocycles. The number of rotatable bonds is 8. The van der Waals surface area contributed by atoms with E-state index >= 15 is 0 Å². The van der Waals surface area contributed by atoms with E-state index in [2.05, 4.69) is 23.8 Å². The minimum atomic E-state index is 0.488. The van der Waals surface area contributed by atoms with Crippen molar-refractivity contribution in [1.82, 2.24) is 9.80 Å². The predicted molar refractivity (Wildman–Crippen MR) is 73.5 cm³/mol. The van der Waals surface area contributed by atoms with Crippen LogP contribution < -0.4 is 0 Å². The molecule has 1 heterocycles. The lowest BCUT2D eigenvalue weighted by Crippen LogP contribution is -2.44. The SMILES string of the molecule is CCCCC(CCCN1CCN(C)CC1)OC. The molecule has 0 amide bonds. The van der Waals surface area contributed by atoms with Gasteiger partial charge in [0.15, 0.2) is 0 Å². The molecule has 1 aliphatic rings. The van der Waals surface area contributed by atoms with E-state index in [0.29, 0.717) is 6.10 Å². The van der Waals surface area contributed by atoms with E-state index in [-0.39, 0.29) is 0 Å². The molecule has 3 heteroatoms. The Kier molecular flexibility index (Phi) is 7.82. The lowest BCUT2D eigenvalue weighted by atomic mass is 10.1. The molecule has 0 N–H and O–H groups in total. The summed E-state index contributed by atoms with van der Waals surface area (Å²) in [7, 11) is 4.07. The Labute approximate surface area is 107 Å². The Morgan fingerprint density at radius 3 is 2.29 bits per heavy atom. The van der Waals surface area contributed by atoms with Gasteiger partial charge >= 0.3 is 0 Å². The summed E-state index contributed by atoms with van der Waals surface area (Å²) < 4.78 is 5.53. The van der Waals surface area contributed by atoms with Crippen molar-refractivity contribution < 1.29 is 4.74 Å². The van der Waals surface area contributed by atoms with Crippen LogP contribution >= 0.6 is 0 Å². The molecule has 0 aliphatic carbocycles. The van der Waals surface area contributed by atoms with Crippen molar-refractivity contribution in [2.24, 2.45) is 0 Å². The summed E-state index contributed by atoms with van der Waals surface area (Å²) >= 11 is 0. The number of methoxy groups -OCH3 is 1. The van der Waals surface area contributed by atoms with Crippen molar-refractivity contribution in [1.29, 1.82) is 0 Å². The van der Waals surface area contributed by atoms with Gasteiger partial charge in [0.1, 0.15) is 0 Å². The maximum absolute atomic E-state index is 5.53. The first kappa shape index (κ1) is 14.9. The fourth-order valence-corrected chi connectivity index (χ4v) is 2.43. The average molecular weight is 242 g/mol. The van der Waals surface area contributed by atoms with Crippen LogP contribution in [0.2, 0.25) is 0 Å². The molecule has 0 spiro atoms. The van der Waals surface area contributed by atoms with Crippen LogP contribution in [-0.4, -0.2) is 62.8 Å². The zero-order valence-electron chi connectivity index (χ0n) is 12.0. The van der Waals surface area contributed by atoms with Gasteiger partial charge in [-0.2, -0.15) is 0 Å². The second-order valence-corrected chi connectivity index (χ2v) is 5.29. The quantitative estimate of drug-likeness (QED) is 0.649. The molecule has 1 aliphatic heterocycles. The van der Waals surface area contributed by atoms with Gasteiger partial charge < -0.3 is 14.5 Å². The maximum atomic E-state index is 5.53. The Hall–Kier alpha value is -0.120. The number of ether oxygens (including phenoxy) is 1. The number of hydrogen-bond acceptors (Lipinski definition) is 3. The fraction of sp³-hybridized carbons (Fsp3) is 1.00. The van der Waals surface area contributed by atoms with Crippen molar-refractivity contribution in [2.75, 3.05) is 46.9 Å². The smallest absolute Gasteiger partial charge is 0.0571 e. The Morgan fingerprint density at radius 1 is 1.06 bits per heavy atom. The standard InChI is InChI=1S/C14H30N2O/c1-4-5-7-14(17-3)8-6-9-16-12-10-15(2)11-13-16/h14H,4-13H2,1-3H3. The van der Waals surface area contributed by atoms with Gasteiger partial charge in [-0.3, -0.25) is 0 Å². The molecule has 0 saturated carbocycles. The molecule has 3 nitrogen and oxygen atoms in total. The lowest BCUT2D eigenvalue weighted by Gasteiger charge is -2.32. The molecule has 0 radical (unpaired) electrons. The molecule has 1 rings (SSSR count). The van der Waals surface area contributed by atoms with Gasteiger partial charge in [-0.1, -0.05) is 19.8 Å². The Balaban J connectivity index is 2.05. The molecule has 0 aromatic heterocycles. The van der Waals surface area contributed by atoms with Crippen LogP contribution in [0.4, 0.5) is 0 Å². The monoisotopic (exact) mass is 242 g/mol. The highest BCUT2D eigenvalue weighted by Gasteiger charge is 2.14. The second kappa shape index (κ2) is 8.90. The molecule has 0 aromatic rings. The third kappa shape index (κ3) is 6.39. The fourth-order valence-electron chi connectivity index (χ4n) is 2.43. The van der Waals surface area contributed by atoms with Crippen molar-refractivity contribution in [3.8, 4) is 0 Å². The van der Waals surface area contributed by atoms with Crippen LogP contribution in [0.1, 0.15) is 39.0 Å². The first-order chi connectivity index (χ1) is 8.26. The summed E-state index contributed by atoms with van der Waals surface area (Å²) in [6.07, 6.45) is 6.80. The third-order valence-electron chi connectivity index (χ3n) is 3.81. The van der Waals surface area contributed by atoms with Gasteiger partial charge in [0.2, 0.25) is 0 Å². The second-order valence-electron chi connectivity index (χ2n) is 5.29.